The zero-order valence-corrected chi connectivity index (χ0v) is 14.1. The smallest absolute Gasteiger partial charge is 0.181 e. The average molecular weight is 381 g/mol. The van der Waals surface area contributed by atoms with Crippen LogP contribution in [0, 0.1) is 15.4 Å². The van der Waals surface area contributed by atoms with Gasteiger partial charge >= 0.3 is 0 Å². The van der Waals surface area contributed by atoms with Gasteiger partial charge in [-0.25, -0.2) is 9.67 Å². The second kappa shape index (κ2) is 5.84. The highest BCUT2D eigenvalue weighted by atomic mass is 127. The van der Waals surface area contributed by atoms with E-state index >= 15 is 0 Å². The maximum Gasteiger partial charge on any atom is 0.181 e. The molecule has 20 heavy (non-hydrogen) atoms. The Morgan fingerprint density at radius 2 is 1.70 bits per heavy atom. The Labute approximate surface area is 133 Å². The van der Waals surface area contributed by atoms with Gasteiger partial charge in [0.1, 0.15) is 6.33 Å². The SMILES string of the molecule is CC1CC(C)CC(n2cnc(-c3ccc(I)cc3)n2)C1. The molecule has 4 heteroatoms. The van der Waals surface area contributed by atoms with E-state index in [2.05, 4.69) is 70.4 Å². The molecule has 3 rings (SSSR count). The molecule has 0 bridgehead atoms. The minimum absolute atomic E-state index is 0.513. The van der Waals surface area contributed by atoms with Crippen LogP contribution in [0.2, 0.25) is 0 Å². The first kappa shape index (κ1) is 14.0. The van der Waals surface area contributed by atoms with Crippen LogP contribution in [0.4, 0.5) is 0 Å². The van der Waals surface area contributed by atoms with Gasteiger partial charge in [-0.1, -0.05) is 26.0 Å². The molecule has 2 aromatic rings. The predicted octanol–water partition coefficient (Wildman–Crippen LogP) is 4.55. The zero-order chi connectivity index (χ0) is 14.1. The highest BCUT2D eigenvalue weighted by molar-refractivity contribution is 14.1. The Morgan fingerprint density at radius 3 is 2.35 bits per heavy atom. The lowest BCUT2D eigenvalue weighted by molar-refractivity contribution is 0.210. The number of rotatable bonds is 2. The first-order valence-electron chi connectivity index (χ1n) is 7.29. The van der Waals surface area contributed by atoms with Crippen molar-refractivity contribution in [2.24, 2.45) is 11.8 Å². The highest BCUT2D eigenvalue weighted by Gasteiger charge is 2.26. The van der Waals surface area contributed by atoms with Crippen LogP contribution < -0.4 is 0 Å². The van der Waals surface area contributed by atoms with Crippen molar-refractivity contribution in [3.8, 4) is 11.4 Å². The fraction of sp³-hybridized carbons (Fsp3) is 0.500. The fourth-order valence-corrected chi connectivity index (χ4v) is 3.66. The van der Waals surface area contributed by atoms with Crippen LogP contribution in [0.5, 0.6) is 0 Å². The van der Waals surface area contributed by atoms with Crippen LogP contribution in [0.1, 0.15) is 39.2 Å². The molecule has 2 unspecified atom stereocenters. The lowest BCUT2D eigenvalue weighted by Gasteiger charge is -2.31. The van der Waals surface area contributed by atoms with Crippen molar-refractivity contribution in [1.82, 2.24) is 14.8 Å². The van der Waals surface area contributed by atoms with Gasteiger partial charge in [0.05, 0.1) is 6.04 Å². The molecule has 0 aliphatic heterocycles. The van der Waals surface area contributed by atoms with Gasteiger partial charge in [-0.3, -0.25) is 0 Å². The number of halogens is 1. The van der Waals surface area contributed by atoms with E-state index in [1.807, 2.05) is 6.33 Å². The maximum atomic E-state index is 4.71. The lowest BCUT2D eigenvalue weighted by Crippen LogP contribution is -2.23. The van der Waals surface area contributed by atoms with Crippen molar-refractivity contribution in [2.75, 3.05) is 0 Å². The van der Waals surface area contributed by atoms with Crippen LogP contribution in [0.15, 0.2) is 30.6 Å². The van der Waals surface area contributed by atoms with Crippen LogP contribution in [-0.2, 0) is 0 Å². The van der Waals surface area contributed by atoms with Gasteiger partial charge in [0.15, 0.2) is 5.82 Å². The molecule has 0 saturated heterocycles. The third kappa shape index (κ3) is 3.05. The Kier molecular flexibility index (Phi) is 4.10. The molecular weight excluding hydrogens is 361 g/mol. The molecule has 2 atom stereocenters. The van der Waals surface area contributed by atoms with Crippen LogP contribution in [-0.4, -0.2) is 14.8 Å². The molecule has 0 spiro atoms. The number of hydrogen-bond donors (Lipinski definition) is 0. The second-order valence-electron chi connectivity index (χ2n) is 6.13. The zero-order valence-electron chi connectivity index (χ0n) is 12.0. The van der Waals surface area contributed by atoms with Crippen LogP contribution >= 0.6 is 22.6 Å². The van der Waals surface area contributed by atoms with Gasteiger partial charge in [0.25, 0.3) is 0 Å². The van der Waals surface area contributed by atoms with Gasteiger partial charge in [-0.05, 0) is 65.8 Å². The van der Waals surface area contributed by atoms with Gasteiger partial charge in [-0.15, -0.1) is 0 Å². The molecule has 1 aromatic heterocycles. The van der Waals surface area contributed by atoms with Crippen molar-refractivity contribution in [2.45, 2.75) is 39.2 Å². The fourth-order valence-electron chi connectivity index (χ4n) is 3.30. The Bertz CT molecular complexity index is 566. The summed E-state index contributed by atoms with van der Waals surface area (Å²) in [6.45, 7) is 4.69. The van der Waals surface area contributed by atoms with Crippen LogP contribution in [0.25, 0.3) is 11.4 Å². The molecule has 3 nitrogen and oxygen atoms in total. The van der Waals surface area contributed by atoms with E-state index in [9.17, 15) is 0 Å². The molecule has 0 amide bonds. The normalized spacial score (nSPS) is 26.6. The summed E-state index contributed by atoms with van der Waals surface area (Å²) in [4.78, 5) is 4.49. The molecular formula is C16H20IN3. The van der Waals surface area contributed by atoms with Crippen molar-refractivity contribution < 1.29 is 0 Å². The molecule has 1 aromatic carbocycles. The predicted molar refractivity (Wildman–Crippen MR) is 89.4 cm³/mol. The third-order valence-corrected chi connectivity index (χ3v) is 4.86. The van der Waals surface area contributed by atoms with E-state index in [4.69, 9.17) is 5.10 Å². The number of nitrogens with zero attached hydrogens (tertiary/aromatic N) is 3. The van der Waals surface area contributed by atoms with E-state index in [1.54, 1.807) is 0 Å². The Hall–Kier alpha value is -0.910. The van der Waals surface area contributed by atoms with Gasteiger partial charge in [-0.2, -0.15) is 5.10 Å². The van der Waals surface area contributed by atoms with Gasteiger partial charge in [0, 0.05) is 9.13 Å². The monoisotopic (exact) mass is 381 g/mol. The average Bonchev–Trinajstić information content (AvgIpc) is 2.88. The Balaban J connectivity index is 1.81. The Morgan fingerprint density at radius 1 is 1.05 bits per heavy atom. The largest absolute Gasteiger partial charge is 0.249 e. The summed E-state index contributed by atoms with van der Waals surface area (Å²) in [6.07, 6.45) is 5.69. The second-order valence-corrected chi connectivity index (χ2v) is 7.37. The van der Waals surface area contributed by atoms with E-state index < -0.39 is 0 Å². The molecule has 106 valence electrons. The summed E-state index contributed by atoms with van der Waals surface area (Å²) in [7, 11) is 0. The molecule has 0 N–H and O–H groups in total. The van der Waals surface area contributed by atoms with Crippen LogP contribution in [0.3, 0.4) is 0 Å². The highest BCUT2D eigenvalue weighted by Crippen LogP contribution is 2.35. The first-order chi connectivity index (χ1) is 9.61. The standard InChI is InChI=1S/C16H20IN3/c1-11-7-12(2)9-15(8-11)20-10-18-16(19-20)13-3-5-14(17)6-4-13/h3-6,10-12,15H,7-9H2,1-2H3. The summed E-state index contributed by atoms with van der Waals surface area (Å²) >= 11 is 2.31. The maximum absolute atomic E-state index is 4.71. The van der Waals surface area contributed by atoms with Crippen molar-refractivity contribution >= 4 is 22.6 Å². The van der Waals surface area contributed by atoms with Gasteiger partial charge in [0.2, 0.25) is 0 Å². The van der Waals surface area contributed by atoms with E-state index in [0.29, 0.717) is 6.04 Å². The summed E-state index contributed by atoms with van der Waals surface area (Å²) in [6, 6.07) is 8.89. The number of benzene rings is 1. The van der Waals surface area contributed by atoms with E-state index in [0.717, 1.165) is 23.2 Å². The third-order valence-electron chi connectivity index (χ3n) is 4.14. The summed E-state index contributed by atoms with van der Waals surface area (Å²) in [5.41, 5.74) is 1.10. The minimum Gasteiger partial charge on any atom is -0.249 e. The molecule has 1 aliphatic carbocycles. The molecule has 1 heterocycles. The van der Waals surface area contributed by atoms with Gasteiger partial charge < -0.3 is 0 Å². The minimum atomic E-state index is 0.513. The van der Waals surface area contributed by atoms with E-state index in [1.165, 1.54) is 22.8 Å². The topological polar surface area (TPSA) is 30.7 Å². The summed E-state index contributed by atoms with van der Waals surface area (Å²) in [5, 5.41) is 4.71. The van der Waals surface area contributed by atoms with E-state index in [-0.39, 0.29) is 0 Å². The van der Waals surface area contributed by atoms with Crippen molar-refractivity contribution in [3.63, 3.8) is 0 Å². The number of aromatic nitrogens is 3. The van der Waals surface area contributed by atoms with Crippen molar-refractivity contribution in [3.05, 3.63) is 34.2 Å². The summed E-state index contributed by atoms with van der Waals surface area (Å²) in [5.74, 6) is 2.41. The first-order valence-corrected chi connectivity index (χ1v) is 8.37. The molecule has 1 saturated carbocycles. The molecule has 1 fully saturated rings. The quantitative estimate of drug-likeness (QED) is 0.715. The van der Waals surface area contributed by atoms with Crippen molar-refractivity contribution in [1.29, 1.82) is 0 Å². The molecule has 0 radical (unpaired) electrons. The molecule has 1 aliphatic rings. The lowest BCUT2D eigenvalue weighted by atomic mass is 9.80. The number of hydrogen-bond acceptors (Lipinski definition) is 2. The summed E-state index contributed by atoms with van der Waals surface area (Å²) < 4.78 is 3.32.